The molecule has 0 N–H and O–H groups in total. The van der Waals surface area contributed by atoms with Crippen LogP contribution < -0.4 is 0 Å². The molecule has 6 heteroatoms. The van der Waals surface area contributed by atoms with Crippen molar-refractivity contribution in [2.24, 2.45) is 0 Å². The molecule has 0 bridgehead atoms. The van der Waals surface area contributed by atoms with E-state index in [2.05, 4.69) is 37.5 Å². The van der Waals surface area contributed by atoms with Crippen molar-refractivity contribution in [2.45, 2.75) is 207 Å². The van der Waals surface area contributed by atoms with Crippen molar-refractivity contribution in [3.63, 3.8) is 0 Å². The Balaban J connectivity index is 2.21. The fourth-order valence-electron chi connectivity index (χ4n) is 6.98. The summed E-state index contributed by atoms with van der Waals surface area (Å²) in [4.78, 5) is 30.5. The zero-order valence-electron chi connectivity index (χ0n) is 34.9. The highest BCUT2D eigenvalue weighted by Gasteiger charge is 2.20. The predicted molar refractivity (Wildman–Crippen MR) is 222 cm³/mol. The third-order valence-corrected chi connectivity index (χ3v) is 10.7. The van der Waals surface area contributed by atoms with E-state index in [1.807, 2.05) is 0 Å². The van der Waals surface area contributed by atoms with Gasteiger partial charge in [-0.2, -0.15) is 0 Å². The number of nitrogens with zero attached hydrogens (tertiary/aromatic N) is 2. The van der Waals surface area contributed by atoms with E-state index < -0.39 is 11.9 Å². The fourth-order valence-corrected chi connectivity index (χ4v) is 6.98. The quantitative estimate of drug-likeness (QED) is 0.0384. The highest BCUT2D eigenvalue weighted by molar-refractivity contribution is 6.03. The number of hydrogen-bond acceptors (Lipinski definition) is 6. The Morgan fingerprint density at radius 2 is 0.654 bits per heavy atom. The molecule has 0 fully saturated rings. The molecule has 0 unspecified atom stereocenters. The number of carbonyl (C=O) groups is 2. The Morgan fingerprint density at radius 1 is 0.404 bits per heavy atom. The van der Waals surface area contributed by atoms with Gasteiger partial charge >= 0.3 is 11.9 Å². The van der Waals surface area contributed by atoms with Crippen LogP contribution in [0.2, 0.25) is 0 Å². The Hall–Kier alpha value is -1.92. The van der Waals surface area contributed by atoms with Crippen LogP contribution in [0.1, 0.15) is 228 Å². The molecule has 0 amide bonds. The molecule has 0 radical (unpaired) electrons. The Morgan fingerprint density at radius 3 is 0.904 bits per heavy atom. The lowest BCUT2D eigenvalue weighted by Crippen LogP contribution is -2.30. The summed E-state index contributed by atoms with van der Waals surface area (Å²) in [6.45, 7) is 12.7. The van der Waals surface area contributed by atoms with E-state index in [-0.39, 0.29) is 24.6 Å². The number of hydrogen-bond donors (Lipinski definition) is 0. The van der Waals surface area contributed by atoms with Crippen LogP contribution in [0, 0.1) is 0 Å². The van der Waals surface area contributed by atoms with E-state index >= 15 is 0 Å². The van der Waals surface area contributed by atoms with Gasteiger partial charge in [0, 0.05) is 13.1 Å². The van der Waals surface area contributed by atoms with Crippen molar-refractivity contribution in [1.82, 2.24) is 9.80 Å². The van der Waals surface area contributed by atoms with Gasteiger partial charge in [0.25, 0.3) is 0 Å². The molecule has 0 spiro atoms. The SMILES string of the molecule is CCCCCCCCCCCCCCCCN(CC)COC(=O)c1ccccc1C(=O)OCN(CC)CCCCCCCCCCCCCCCC. The first-order valence-electron chi connectivity index (χ1n) is 22.4. The minimum absolute atomic E-state index is 0.236. The molecule has 0 aliphatic rings. The fraction of sp³-hybridized carbons (Fsp3) is 0.826. The van der Waals surface area contributed by atoms with Crippen LogP contribution in [0.15, 0.2) is 24.3 Å². The van der Waals surface area contributed by atoms with E-state index in [1.165, 1.54) is 167 Å². The standard InChI is InChI=1S/C46H84N2O4/c1-5-9-11-13-15-17-19-21-23-25-27-29-31-35-39-47(7-3)41-51-45(49)43-37-33-34-38-44(43)46(50)52-42-48(8-4)40-36-32-30-28-26-24-22-20-18-16-14-12-10-6-2/h33-34,37-38H,5-32,35-36,39-42H2,1-4H3. The maximum absolute atomic E-state index is 13.1. The van der Waals surface area contributed by atoms with Crippen molar-refractivity contribution in [2.75, 3.05) is 39.6 Å². The normalized spacial score (nSPS) is 11.5. The van der Waals surface area contributed by atoms with Crippen LogP contribution in [0.4, 0.5) is 0 Å². The molecule has 1 rings (SSSR count). The van der Waals surface area contributed by atoms with Gasteiger partial charge in [-0.3, -0.25) is 9.80 Å². The van der Waals surface area contributed by atoms with Gasteiger partial charge < -0.3 is 9.47 Å². The largest absolute Gasteiger partial charge is 0.446 e. The molecule has 0 saturated heterocycles. The average molecular weight is 729 g/mol. The Kier molecular flexibility index (Phi) is 33.4. The summed E-state index contributed by atoms with van der Waals surface area (Å²) in [6, 6.07) is 6.87. The van der Waals surface area contributed by atoms with Crippen molar-refractivity contribution in [1.29, 1.82) is 0 Å². The summed E-state index contributed by atoms with van der Waals surface area (Å²) in [5.74, 6) is -0.941. The van der Waals surface area contributed by atoms with Gasteiger partial charge in [0.05, 0.1) is 11.1 Å². The van der Waals surface area contributed by atoms with Crippen LogP contribution in [-0.2, 0) is 9.47 Å². The van der Waals surface area contributed by atoms with Crippen LogP contribution in [0.5, 0.6) is 0 Å². The molecular weight excluding hydrogens is 645 g/mol. The summed E-state index contributed by atoms with van der Waals surface area (Å²) < 4.78 is 11.4. The highest BCUT2D eigenvalue weighted by atomic mass is 16.6. The maximum Gasteiger partial charge on any atom is 0.340 e. The van der Waals surface area contributed by atoms with Gasteiger partial charge in [0.1, 0.15) is 13.5 Å². The van der Waals surface area contributed by atoms with Crippen molar-refractivity contribution < 1.29 is 19.1 Å². The zero-order chi connectivity index (χ0) is 37.7. The number of rotatable bonds is 38. The zero-order valence-corrected chi connectivity index (χ0v) is 34.9. The van der Waals surface area contributed by atoms with Gasteiger partial charge in [0.2, 0.25) is 0 Å². The second kappa shape index (κ2) is 36.1. The lowest BCUT2D eigenvalue weighted by Gasteiger charge is -2.21. The maximum atomic E-state index is 13.1. The first kappa shape index (κ1) is 48.1. The number of esters is 2. The highest BCUT2D eigenvalue weighted by Crippen LogP contribution is 2.16. The summed E-state index contributed by atoms with van der Waals surface area (Å²) in [5, 5.41) is 0. The molecule has 0 atom stereocenters. The van der Waals surface area contributed by atoms with Gasteiger partial charge in [-0.1, -0.05) is 207 Å². The third kappa shape index (κ3) is 26.8. The molecule has 6 nitrogen and oxygen atoms in total. The van der Waals surface area contributed by atoms with Crippen molar-refractivity contribution >= 4 is 11.9 Å². The first-order chi connectivity index (χ1) is 25.6. The van der Waals surface area contributed by atoms with Gasteiger partial charge in [-0.15, -0.1) is 0 Å². The molecule has 52 heavy (non-hydrogen) atoms. The lowest BCUT2D eigenvalue weighted by molar-refractivity contribution is 0.0180. The minimum Gasteiger partial charge on any atom is -0.446 e. The number of carbonyl (C=O) groups excluding carboxylic acids is 2. The van der Waals surface area contributed by atoms with E-state index in [4.69, 9.17) is 9.47 Å². The second-order valence-electron chi connectivity index (χ2n) is 15.3. The third-order valence-electron chi connectivity index (χ3n) is 10.7. The van der Waals surface area contributed by atoms with E-state index in [0.29, 0.717) is 0 Å². The second-order valence-corrected chi connectivity index (χ2v) is 15.3. The summed E-state index contributed by atoms with van der Waals surface area (Å²) in [7, 11) is 0. The monoisotopic (exact) mass is 729 g/mol. The summed E-state index contributed by atoms with van der Waals surface area (Å²) >= 11 is 0. The van der Waals surface area contributed by atoms with Crippen LogP contribution >= 0.6 is 0 Å². The predicted octanol–water partition coefficient (Wildman–Crippen LogP) is 13.5. The van der Waals surface area contributed by atoms with Gasteiger partial charge in [0.15, 0.2) is 0 Å². The average Bonchev–Trinajstić information content (AvgIpc) is 3.17. The first-order valence-corrected chi connectivity index (χ1v) is 22.4. The van der Waals surface area contributed by atoms with Crippen LogP contribution in [0.25, 0.3) is 0 Å². The molecule has 302 valence electrons. The van der Waals surface area contributed by atoms with Crippen LogP contribution in [-0.4, -0.2) is 61.4 Å². The Bertz CT molecular complexity index is 879. The van der Waals surface area contributed by atoms with Crippen LogP contribution in [0.3, 0.4) is 0 Å². The lowest BCUT2D eigenvalue weighted by atomic mass is 10.0. The molecule has 1 aromatic carbocycles. The minimum atomic E-state index is -0.471. The molecule has 0 aromatic heterocycles. The molecule has 0 saturated carbocycles. The summed E-state index contributed by atoms with van der Waals surface area (Å²) in [6.07, 6.45) is 37.6. The van der Waals surface area contributed by atoms with E-state index in [0.717, 1.165) is 39.0 Å². The van der Waals surface area contributed by atoms with Gasteiger partial charge in [-0.05, 0) is 38.1 Å². The van der Waals surface area contributed by atoms with E-state index in [1.54, 1.807) is 24.3 Å². The molecule has 1 aromatic rings. The molecule has 0 aliphatic heterocycles. The number of ether oxygens (including phenoxy) is 2. The molecule has 0 aliphatic carbocycles. The van der Waals surface area contributed by atoms with Gasteiger partial charge in [-0.25, -0.2) is 9.59 Å². The molecule has 0 heterocycles. The topological polar surface area (TPSA) is 59.1 Å². The Labute approximate surface area is 322 Å². The molecular formula is C46H84N2O4. The van der Waals surface area contributed by atoms with Crippen molar-refractivity contribution in [3.05, 3.63) is 35.4 Å². The number of unbranched alkanes of at least 4 members (excludes halogenated alkanes) is 26. The summed E-state index contributed by atoms with van der Waals surface area (Å²) in [5.41, 5.74) is 0.546. The van der Waals surface area contributed by atoms with E-state index in [9.17, 15) is 9.59 Å². The number of benzene rings is 1. The van der Waals surface area contributed by atoms with Crippen molar-refractivity contribution in [3.8, 4) is 0 Å². The smallest absolute Gasteiger partial charge is 0.340 e.